The van der Waals surface area contributed by atoms with Gasteiger partial charge in [0.2, 0.25) is 41.4 Å². The number of Topliss-reactive ketones (excluding diaryl/α,β-unsaturated/α-hetero) is 1. The lowest BCUT2D eigenvalue weighted by molar-refractivity contribution is -0.164. The lowest BCUT2D eigenvalue weighted by Gasteiger charge is -2.35. The summed E-state index contributed by atoms with van der Waals surface area (Å²) in [6, 6.07) is 5.32. The number of H-pyrrole nitrogens is 1. The Hall–Kier alpha value is -5.73. The molecule has 2 aromatic rings. The van der Waals surface area contributed by atoms with Gasteiger partial charge in [0.05, 0.1) is 42.7 Å². The van der Waals surface area contributed by atoms with Crippen LogP contribution in [0.4, 0.5) is 0 Å². The molecule has 6 unspecified atom stereocenters. The molecule has 1 aromatic heterocycles. The SMILES string of the molecule is CC.CC.CC(=O)[C@@H](NC(=O)C(C(C)C)N(C)CCCC(=O)NNC(=O)CCCCCN1C(=O)C(C)C1=O)C(C)C.CCC(C)[C@H](C)C(CC(=O)N1CCCC1C(OC)C(C)C(=O)N[C@@H](Cc1c[nH]c2ccccc12)C(=O)O)OC. The molecule has 20 nitrogen and oxygen atoms in total. The first kappa shape index (κ1) is 72.3. The molecule has 2 fully saturated rings. The molecule has 6 N–H and O–H groups in total. The number of imide groups is 1. The molecule has 80 heavy (non-hydrogen) atoms. The number of aromatic nitrogens is 1. The smallest absolute Gasteiger partial charge is 0.326 e. The van der Waals surface area contributed by atoms with Gasteiger partial charge >= 0.3 is 5.97 Å². The number of ketones is 1. The van der Waals surface area contributed by atoms with E-state index in [2.05, 4.69) is 47.2 Å². The van der Waals surface area contributed by atoms with Crippen LogP contribution in [0.15, 0.2) is 30.5 Å². The Morgan fingerprint density at radius 3 is 1.95 bits per heavy atom. The van der Waals surface area contributed by atoms with Crippen LogP contribution in [0.5, 0.6) is 0 Å². The predicted molar refractivity (Wildman–Crippen MR) is 312 cm³/mol. The fraction of sp³-hybridized carbons (Fsp3) is 0.717. The van der Waals surface area contributed by atoms with Crippen LogP contribution in [-0.2, 0) is 59.0 Å². The van der Waals surface area contributed by atoms with Crippen molar-refractivity contribution in [1.29, 1.82) is 0 Å². The van der Waals surface area contributed by atoms with Crippen LogP contribution in [0.2, 0.25) is 0 Å². The number of rotatable bonds is 30. The Labute approximate surface area is 477 Å². The summed E-state index contributed by atoms with van der Waals surface area (Å²) in [5, 5.41) is 16.4. The van der Waals surface area contributed by atoms with E-state index in [1.807, 2.05) is 96.5 Å². The van der Waals surface area contributed by atoms with Crippen molar-refractivity contribution in [1.82, 2.24) is 41.2 Å². The molecule has 3 heterocycles. The quantitative estimate of drug-likeness (QED) is 0.0195. The average Bonchev–Trinajstić information content (AvgIpc) is 4.10. The molecular weight excluding hydrogens is 1020 g/mol. The number of aliphatic carboxylic acids is 1. The first-order valence-corrected chi connectivity index (χ1v) is 29.3. The first-order valence-electron chi connectivity index (χ1n) is 29.3. The topological polar surface area (TPSA) is 266 Å². The Morgan fingerprint density at radius 1 is 0.812 bits per heavy atom. The Morgan fingerprint density at radius 2 is 1.41 bits per heavy atom. The highest BCUT2D eigenvalue weighted by molar-refractivity contribution is 6.17. The molecule has 0 aliphatic carbocycles. The highest BCUT2D eigenvalue weighted by Crippen LogP contribution is 2.30. The number of hydrazine groups is 1. The molecule has 2 aliphatic heterocycles. The highest BCUT2D eigenvalue weighted by Gasteiger charge is 2.43. The van der Waals surface area contributed by atoms with Crippen molar-refractivity contribution in [2.75, 3.05) is 40.9 Å². The van der Waals surface area contributed by atoms with Crippen molar-refractivity contribution in [2.24, 2.45) is 35.5 Å². The number of fused-ring (bicyclic) bond motifs is 1. The number of benzene rings is 1. The van der Waals surface area contributed by atoms with Crippen LogP contribution >= 0.6 is 0 Å². The van der Waals surface area contributed by atoms with Gasteiger partial charge in [-0.1, -0.05) is 114 Å². The van der Waals surface area contributed by atoms with Gasteiger partial charge in [-0.2, -0.15) is 0 Å². The number of hydrogen-bond acceptors (Lipinski definition) is 12. The summed E-state index contributed by atoms with van der Waals surface area (Å²) >= 11 is 0. The number of hydrogen-bond donors (Lipinski definition) is 6. The molecule has 0 spiro atoms. The van der Waals surface area contributed by atoms with E-state index in [1.54, 1.807) is 34.3 Å². The summed E-state index contributed by atoms with van der Waals surface area (Å²) in [7, 11) is 5.01. The molecule has 9 atom stereocenters. The normalized spacial score (nSPS) is 17.2. The number of nitrogens with one attached hydrogen (secondary N) is 5. The average molecular weight is 1130 g/mol. The van der Waals surface area contributed by atoms with Gasteiger partial charge < -0.3 is 35.1 Å². The predicted octanol–water partition coefficient (Wildman–Crippen LogP) is 7.23. The summed E-state index contributed by atoms with van der Waals surface area (Å²) in [4.78, 5) is 119. The first-order chi connectivity index (χ1) is 37.9. The summed E-state index contributed by atoms with van der Waals surface area (Å²) in [5.74, 6) is -3.25. The van der Waals surface area contributed by atoms with E-state index in [0.717, 1.165) is 35.7 Å². The number of carboxylic acid groups (broad SMARTS) is 1. The van der Waals surface area contributed by atoms with Crippen LogP contribution in [0, 0.1) is 35.5 Å². The molecule has 0 saturated carbocycles. The Balaban J connectivity index is 0.000000754. The number of nitrogens with zero attached hydrogens (tertiary/aromatic N) is 3. The number of β-lactam (4-membered cyclic amide) rings is 2. The van der Waals surface area contributed by atoms with E-state index in [4.69, 9.17) is 9.47 Å². The number of unbranched alkanes of at least 4 members (excludes halogenated alkanes) is 2. The summed E-state index contributed by atoms with van der Waals surface area (Å²) in [6.45, 7) is 28.3. The summed E-state index contributed by atoms with van der Waals surface area (Å²) < 4.78 is 11.5. The third-order valence-electron chi connectivity index (χ3n) is 15.3. The lowest BCUT2D eigenvalue weighted by Crippen LogP contribution is -2.56. The lowest BCUT2D eigenvalue weighted by atomic mass is 9.87. The molecule has 0 bridgehead atoms. The molecule has 0 radical (unpaired) electrons. The van der Waals surface area contributed by atoms with Gasteiger partial charge in [0.15, 0.2) is 5.78 Å². The van der Waals surface area contributed by atoms with Gasteiger partial charge in [0.25, 0.3) is 0 Å². The van der Waals surface area contributed by atoms with Gasteiger partial charge in [-0.15, -0.1) is 0 Å². The zero-order valence-electron chi connectivity index (χ0n) is 51.5. The van der Waals surface area contributed by atoms with Crippen LogP contribution in [0.3, 0.4) is 0 Å². The number of para-hydroxylation sites is 1. The molecule has 1 aromatic carbocycles. The van der Waals surface area contributed by atoms with E-state index in [1.165, 1.54) is 11.8 Å². The molecule has 4 rings (SSSR count). The van der Waals surface area contributed by atoms with Gasteiger partial charge in [0.1, 0.15) is 12.0 Å². The molecule has 7 amide bonds. The third kappa shape index (κ3) is 22.0. The number of likely N-dealkylation sites (tertiary alicyclic amines) is 2. The molecule has 2 saturated heterocycles. The maximum atomic E-state index is 13.4. The minimum absolute atomic E-state index is 0.00286. The van der Waals surface area contributed by atoms with Crippen molar-refractivity contribution < 1.29 is 57.7 Å². The van der Waals surface area contributed by atoms with E-state index >= 15 is 0 Å². The third-order valence-corrected chi connectivity index (χ3v) is 15.3. The number of carbonyl (C=O) groups excluding carboxylic acids is 8. The van der Waals surface area contributed by atoms with Crippen LogP contribution in [0.1, 0.15) is 167 Å². The van der Waals surface area contributed by atoms with Gasteiger partial charge in [-0.3, -0.25) is 59.0 Å². The van der Waals surface area contributed by atoms with E-state index in [0.29, 0.717) is 51.2 Å². The molecule has 2 aliphatic rings. The van der Waals surface area contributed by atoms with Crippen LogP contribution in [-0.4, -0.2) is 155 Å². The number of amides is 7. The molecular formula is C60H102N8O12. The second-order valence-corrected chi connectivity index (χ2v) is 21.5. The molecule has 454 valence electrons. The maximum Gasteiger partial charge on any atom is 0.326 e. The zero-order chi connectivity index (χ0) is 61.0. The highest BCUT2D eigenvalue weighted by atomic mass is 16.5. The van der Waals surface area contributed by atoms with Crippen molar-refractivity contribution in [3.63, 3.8) is 0 Å². The maximum absolute atomic E-state index is 13.4. The van der Waals surface area contributed by atoms with Gasteiger partial charge in [0, 0.05) is 63.7 Å². The fourth-order valence-corrected chi connectivity index (χ4v) is 10.3. The standard InChI is InChI=1S/C30H45N3O6.C26H45N5O6.2C2H6/c1-7-18(2)19(3)26(38-5)16-27(34)33-14-10-13-25(33)28(39-6)20(4)29(35)32-24(30(36)37)15-21-17-31-23-12-9-8-11-22(21)23;1-16(2)22(19(6)32)27-24(35)23(17(3)4)30(7)14-11-13-21(34)29-28-20(33)12-9-8-10-15-31-25(36)18(5)26(31)37;2*1-2/h8-9,11-12,17-20,24-26,28,31H,7,10,13-16H2,1-6H3,(H,32,35)(H,36,37);16-18,22-23H,8-15H2,1-7H3,(H,27,35)(H,28,33)(H,29,34);2*1-2H3/t18?,19-,20?,24-,25?,26?,28?;22-,23?;;/m00../s1. The van der Waals surface area contributed by atoms with E-state index < -0.39 is 47.9 Å². The Bertz CT molecular complexity index is 2250. The second-order valence-electron chi connectivity index (χ2n) is 21.5. The van der Waals surface area contributed by atoms with Gasteiger partial charge in [-0.25, -0.2) is 4.79 Å². The van der Waals surface area contributed by atoms with Gasteiger partial charge in [-0.05, 0) is 94.8 Å². The van der Waals surface area contributed by atoms with Crippen LogP contribution in [0.25, 0.3) is 10.9 Å². The summed E-state index contributed by atoms with van der Waals surface area (Å²) in [5.41, 5.74) is 6.54. The van der Waals surface area contributed by atoms with E-state index in [-0.39, 0.29) is 96.8 Å². The zero-order valence-corrected chi connectivity index (χ0v) is 51.5. The number of likely N-dealkylation sites (N-methyl/N-ethyl adjacent to an activating group) is 1. The van der Waals surface area contributed by atoms with Crippen molar-refractivity contribution in [2.45, 2.75) is 204 Å². The number of aromatic amines is 1. The fourth-order valence-electron chi connectivity index (χ4n) is 10.3. The largest absolute Gasteiger partial charge is 0.480 e. The monoisotopic (exact) mass is 1130 g/mol. The number of carboxylic acids is 1. The van der Waals surface area contributed by atoms with Crippen molar-refractivity contribution in [3.8, 4) is 0 Å². The minimum atomic E-state index is -1.10. The minimum Gasteiger partial charge on any atom is -0.480 e. The van der Waals surface area contributed by atoms with Crippen molar-refractivity contribution >= 4 is 64.0 Å². The number of carbonyl (C=O) groups is 9. The number of methoxy groups -OCH3 is 2. The number of ether oxygens (including phenoxy) is 2. The van der Waals surface area contributed by atoms with Crippen molar-refractivity contribution in [3.05, 3.63) is 36.0 Å². The summed E-state index contributed by atoms with van der Waals surface area (Å²) in [6.07, 6.45) is 6.82. The van der Waals surface area contributed by atoms with E-state index in [9.17, 15) is 48.3 Å². The second kappa shape index (κ2) is 37.3. The Kier molecular flexibility index (Phi) is 33.7. The molecule has 20 heteroatoms. The van der Waals surface area contributed by atoms with Crippen LogP contribution < -0.4 is 21.5 Å².